The minimum Gasteiger partial charge on any atom is -0.383 e. The van der Waals surface area contributed by atoms with Gasteiger partial charge in [-0.05, 0) is 48.6 Å². The SMILES string of the molecule is N#Cc1c(N)nc(SCC(=O)N2c3ccccc3Sc3ccccc32)c(C#N)c1C1CC1. The van der Waals surface area contributed by atoms with Crippen LogP contribution in [-0.2, 0) is 4.79 Å². The molecule has 1 fully saturated rings. The molecule has 2 N–H and O–H groups in total. The summed E-state index contributed by atoms with van der Waals surface area (Å²) in [5.41, 5.74) is 9.06. The molecule has 0 unspecified atom stereocenters. The number of nitrogens with zero attached hydrogens (tertiary/aromatic N) is 4. The number of amides is 1. The van der Waals surface area contributed by atoms with Crippen LogP contribution >= 0.6 is 23.5 Å². The summed E-state index contributed by atoms with van der Waals surface area (Å²) in [7, 11) is 0. The molecule has 5 rings (SSSR count). The van der Waals surface area contributed by atoms with E-state index >= 15 is 0 Å². The van der Waals surface area contributed by atoms with Crippen molar-refractivity contribution in [2.75, 3.05) is 16.4 Å². The first kappa shape index (κ1) is 20.4. The maximum atomic E-state index is 13.4. The normalized spacial score (nSPS) is 14.1. The number of nitrogens with two attached hydrogens (primary N) is 1. The maximum absolute atomic E-state index is 13.4. The average Bonchev–Trinajstić information content (AvgIpc) is 3.65. The van der Waals surface area contributed by atoms with Crippen LogP contribution in [0.25, 0.3) is 0 Å². The number of hydrogen-bond acceptors (Lipinski definition) is 7. The van der Waals surface area contributed by atoms with Crippen LogP contribution in [-0.4, -0.2) is 16.6 Å². The van der Waals surface area contributed by atoms with Gasteiger partial charge in [0.25, 0.3) is 0 Å². The van der Waals surface area contributed by atoms with Crippen molar-refractivity contribution in [3.63, 3.8) is 0 Å². The molecule has 1 amide bonds. The lowest BCUT2D eigenvalue weighted by Crippen LogP contribution is -2.30. The summed E-state index contributed by atoms with van der Waals surface area (Å²) in [6.45, 7) is 0. The molecule has 1 aromatic heterocycles. The zero-order valence-electron chi connectivity index (χ0n) is 16.9. The standard InChI is InChI=1S/C24H17N5OS2/c25-11-15-22(14-9-10-14)16(12-26)24(28-23(15)27)31-13-21(30)29-17-5-1-3-7-19(17)32-20-8-4-2-6-18(20)29/h1-8,14H,9-10,13H2,(H2,27,28). The van der Waals surface area contributed by atoms with Crippen molar-refractivity contribution < 1.29 is 4.79 Å². The lowest BCUT2D eigenvalue weighted by molar-refractivity contribution is -0.115. The first-order valence-electron chi connectivity index (χ1n) is 10.1. The summed E-state index contributed by atoms with van der Waals surface area (Å²) in [5, 5.41) is 19.7. The highest BCUT2D eigenvalue weighted by Crippen LogP contribution is 2.49. The molecular formula is C24H17N5OS2. The fourth-order valence-electron chi connectivity index (χ4n) is 3.88. The summed E-state index contributed by atoms with van der Waals surface area (Å²) < 4.78 is 0. The zero-order chi connectivity index (χ0) is 22.2. The molecule has 8 heteroatoms. The fourth-order valence-corrected chi connectivity index (χ4v) is 5.79. The Bertz CT molecular complexity index is 1290. The minimum atomic E-state index is -0.114. The van der Waals surface area contributed by atoms with Crippen LogP contribution in [0.3, 0.4) is 0 Å². The number of hydrogen-bond donors (Lipinski definition) is 1. The molecule has 32 heavy (non-hydrogen) atoms. The van der Waals surface area contributed by atoms with Gasteiger partial charge in [0, 0.05) is 9.79 Å². The number of fused-ring (bicyclic) bond motifs is 2. The number of benzene rings is 2. The number of para-hydroxylation sites is 2. The van der Waals surface area contributed by atoms with E-state index in [9.17, 15) is 15.3 Å². The lowest BCUT2D eigenvalue weighted by atomic mass is 10.0. The molecule has 0 bridgehead atoms. The van der Waals surface area contributed by atoms with E-state index < -0.39 is 0 Å². The van der Waals surface area contributed by atoms with Gasteiger partial charge in [0.2, 0.25) is 5.91 Å². The number of aromatic nitrogens is 1. The maximum Gasteiger partial charge on any atom is 0.242 e. The van der Waals surface area contributed by atoms with Crippen LogP contribution < -0.4 is 10.6 Å². The highest BCUT2D eigenvalue weighted by atomic mass is 32.2. The molecule has 1 aliphatic carbocycles. The van der Waals surface area contributed by atoms with Gasteiger partial charge in [0.1, 0.15) is 23.0 Å². The molecule has 1 aliphatic heterocycles. The van der Waals surface area contributed by atoms with E-state index in [-0.39, 0.29) is 29.0 Å². The molecule has 0 radical (unpaired) electrons. The second kappa shape index (κ2) is 8.23. The third-order valence-electron chi connectivity index (χ3n) is 5.45. The second-order valence-electron chi connectivity index (χ2n) is 7.52. The van der Waals surface area contributed by atoms with Crippen LogP contribution in [0.15, 0.2) is 63.3 Å². The zero-order valence-corrected chi connectivity index (χ0v) is 18.5. The van der Waals surface area contributed by atoms with Crippen LogP contribution in [0.2, 0.25) is 0 Å². The van der Waals surface area contributed by atoms with Crippen molar-refractivity contribution in [1.82, 2.24) is 4.98 Å². The highest BCUT2D eigenvalue weighted by Gasteiger charge is 2.33. The Morgan fingerprint density at radius 3 is 2.22 bits per heavy atom. The van der Waals surface area contributed by atoms with Crippen LogP contribution in [0.4, 0.5) is 17.2 Å². The smallest absolute Gasteiger partial charge is 0.242 e. The number of nitrogen functional groups attached to an aromatic ring is 1. The van der Waals surface area contributed by atoms with Gasteiger partial charge in [-0.25, -0.2) is 4.98 Å². The van der Waals surface area contributed by atoms with Gasteiger partial charge in [-0.2, -0.15) is 10.5 Å². The predicted molar refractivity (Wildman–Crippen MR) is 125 cm³/mol. The fraction of sp³-hybridized carbons (Fsp3) is 0.167. The van der Waals surface area contributed by atoms with Gasteiger partial charge in [-0.15, -0.1) is 0 Å². The summed E-state index contributed by atoms with van der Waals surface area (Å²) in [6.07, 6.45) is 1.85. The van der Waals surface area contributed by atoms with E-state index in [1.165, 1.54) is 11.8 Å². The van der Waals surface area contributed by atoms with Gasteiger partial charge < -0.3 is 5.73 Å². The van der Waals surface area contributed by atoms with Gasteiger partial charge in [-0.3, -0.25) is 9.69 Å². The Morgan fingerprint density at radius 2 is 1.66 bits per heavy atom. The lowest BCUT2D eigenvalue weighted by Gasteiger charge is -2.31. The molecule has 0 atom stereocenters. The number of carbonyl (C=O) groups is 1. The van der Waals surface area contributed by atoms with E-state index in [0.717, 1.165) is 34.0 Å². The molecule has 1 saturated carbocycles. The number of nitriles is 2. The second-order valence-corrected chi connectivity index (χ2v) is 9.57. The Balaban J connectivity index is 1.48. The molecule has 156 valence electrons. The van der Waals surface area contributed by atoms with E-state index in [4.69, 9.17) is 5.73 Å². The Hall–Kier alpha value is -3.46. The predicted octanol–water partition coefficient (Wildman–Crippen LogP) is 5.21. The van der Waals surface area contributed by atoms with Crippen molar-refractivity contribution in [2.45, 2.75) is 33.6 Å². The third-order valence-corrected chi connectivity index (χ3v) is 7.54. The van der Waals surface area contributed by atoms with Crippen molar-refractivity contribution in [3.8, 4) is 12.1 Å². The molecule has 3 aromatic rings. The minimum absolute atomic E-state index is 0.0878. The molecule has 2 heterocycles. The number of rotatable bonds is 4. The van der Waals surface area contributed by atoms with E-state index in [1.807, 2.05) is 48.5 Å². The van der Waals surface area contributed by atoms with Crippen molar-refractivity contribution >= 4 is 46.6 Å². The van der Waals surface area contributed by atoms with Gasteiger partial charge in [0.05, 0.1) is 28.3 Å². The molecule has 2 aromatic carbocycles. The van der Waals surface area contributed by atoms with Gasteiger partial charge in [-0.1, -0.05) is 47.8 Å². The quantitative estimate of drug-likeness (QED) is 0.538. The molecular weight excluding hydrogens is 438 g/mol. The van der Waals surface area contributed by atoms with E-state index in [1.54, 1.807) is 16.7 Å². The monoisotopic (exact) mass is 455 g/mol. The Morgan fingerprint density at radius 1 is 1.06 bits per heavy atom. The topological polar surface area (TPSA) is 107 Å². The average molecular weight is 456 g/mol. The summed E-state index contributed by atoms with van der Waals surface area (Å²) in [4.78, 5) is 21.5. The van der Waals surface area contributed by atoms with Crippen LogP contribution in [0.5, 0.6) is 0 Å². The van der Waals surface area contributed by atoms with Gasteiger partial charge in [0.15, 0.2) is 0 Å². The molecule has 0 saturated heterocycles. The van der Waals surface area contributed by atoms with Crippen LogP contribution in [0.1, 0.15) is 35.4 Å². The largest absolute Gasteiger partial charge is 0.383 e. The number of pyridine rings is 1. The van der Waals surface area contributed by atoms with Crippen molar-refractivity contribution in [2.24, 2.45) is 0 Å². The summed E-state index contributed by atoms with van der Waals surface area (Å²) >= 11 is 2.83. The number of thioether (sulfide) groups is 1. The highest BCUT2D eigenvalue weighted by molar-refractivity contribution is 8.00. The first-order valence-corrected chi connectivity index (χ1v) is 11.9. The third kappa shape index (κ3) is 3.48. The molecule has 2 aliphatic rings. The number of carbonyl (C=O) groups excluding carboxylic acids is 1. The molecule has 6 nitrogen and oxygen atoms in total. The summed E-state index contributed by atoms with van der Waals surface area (Å²) in [6, 6.07) is 19.9. The first-order chi connectivity index (χ1) is 15.6. The molecule has 0 spiro atoms. The summed E-state index contributed by atoms with van der Waals surface area (Å²) in [5.74, 6) is 0.257. The van der Waals surface area contributed by atoms with E-state index in [0.29, 0.717) is 16.2 Å². The van der Waals surface area contributed by atoms with Crippen molar-refractivity contribution in [1.29, 1.82) is 10.5 Å². The number of anilines is 3. The van der Waals surface area contributed by atoms with Gasteiger partial charge >= 0.3 is 0 Å². The van der Waals surface area contributed by atoms with Crippen molar-refractivity contribution in [3.05, 3.63) is 65.2 Å². The van der Waals surface area contributed by atoms with Crippen LogP contribution in [0, 0.1) is 22.7 Å². The Kier molecular flexibility index (Phi) is 5.26. The Labute approximate surface area is 194 Å². The van der Waals surface area contributed by atoms with E-state index in [2.05, 4.69) is 17.1 Å².